The van der Waals surface area contributed by atoms with E-state index < -0.39 is 10.0 Å². The predicted octanol–water partition coefficient (Wildman–Crippen LogP) is 6.54. The molecule has 1 aliphatic rings. The summed E-state index contributed by atoms with van der Waals surface area (Å²) in [4.78, 5) is 10.4. The van der Waals surface area contributed by atoms with Gasteiger partial charge in [0.15, 0.2) is 4.80 Å². The average molecular weight is 611 g/mol. The second-order valence-electron chi connectivity index (χ2n) is 10.7. The minimum Gasteiger partial charge on any atom is -0.497 e. The maximum absolute atomic E-state index is 13.6. The van der Waals surface area contributed by atoms with Gasteiger partial charge in [0.2, 0.25) is 10.0 Å². The van der Waals surface area contributed by atoms with E-state index in [1.807, 2.05) is 60.8 Å². The second-order valence-corrected chi connectivity index (χ2v) is 13.5. The van der Waals surface area contributed by atoms with Crippen LogP contribution in [0.1, 0.15) is 24.0 Å². The first-order valence-corrected chi connectivity index (χ1v) is 16.7. The van der Waals surface area contributed by atoms with Crippen molar-refractivity contribution in [2.45, 2.75) is 30.7 Å². The van der Waals surface area contributed by atoms with Crippen molar-refractivity contribution in [3.8, 4) is 17.0 Å². The Morgan fingerprint density at radius 3 is 2.30 bits per heavy atom. The number of ether oxygens (including phenoxy) is 1. The fourth-order valence-corrected chi connectivity index (χ4v) is 7.89. The van der Waals surface area contributed by atoms with Crippen molar-refractivity contribution in [3.63, 3.8) is 0 Å². The highest BCUT2D eigenvalue weighted by Crippen LogP contribution is 2.29. The molecule has 1 aliphatic heterocycles. The molecule has 6 rings (SSSR count). The van der Waals surface area contributed by atoms with Gasteiger partial charge in [-0.1, -0.05) is 48.5 Å². The Balaban J connectivity index is 1.23. The van der Waals surface area contributed by atoms with Gasteiger partial charge < -0.3 is 9.30 Å². The molecule has 3 aromatic carbocycles. The van der Waals surface area contributed by atoms with E-state index in [2.05, 4.69) is 39.2 Å². The number of methoxy groups -OCH3 is 1. The number of piperidine rings is 1. The fourth-order valence-electron chi connectivity index (χ4n) is 5.49. The lowest BCUT2D eigenvalue weighted by Crippen LogP contribution is -2.38. The number of thiazole rings is 1. The Hall–Kier alpha value is -4.05. The van der Waals surface area contributed by atoms with E-state index >= 15 is 0 Å². The summed E-state index contributed by atoms with van der Waals surface area (Å²) in [6.45, 7) is 1.68. The van der Waals surface area contributed by atoms with Gasteiger partial charge in [0, 0.05) is 30.9 Å². The number of benzene rings is 3. The summed E-state index contributed by atoms with van der Waals surface area (Å²) in [5.74, 6) is 1.28. The normalized spacial score (nSPS) is 15.0. The van der Waals surface area contributed by atoms with Gasteiger partial charge in [-0.25, -0.2) is 13.4 Å². The number of aromatic nitrogens is 2. The van der Waals surface area contributed by atoms with Crippen molar-refractivity contribution in [2.75, 3.05) is 20.2 Å². The standard InChI is InChI=1S/C34H34N4O3S2/c1-41-31-13-11-30(12-14-31)36-34-38(24-28-8-5-19-35-23-28)33(25-42-34)29-9-15-32(16-10-29)43(39,40)37-20-17-27(18-21-37)22-26-6-3-2-4-7-26/h2-16,19,23,25,27H,17-18,20-22,24H2,1H3. The molecule has 2 aromatic heterocycles. The van der Waals surface area contributed by atoms with Gasteiger partial charge >= 0.3 is 0 Å². The minimum absolute atomic E-state index is 0.329. The topological polar surface area (TPSA) is 76.8 Å². The van der Waals surface area contributed by atoms with Crippen molar-refractivity contribution in [1.29, 1.82) is 0 Å². The zero-order valence-corrected chi connectivity index (χ0v) is 25.7. The molecule has 7 nitrogen and oxygen atoms in total. The lowest BCUT2D eigenvalue weighted by Gasteiger charge is -2.31. The Kier molecular flexibility index (Phi) is 8.83. The quantitative estimate of drug-likeness (QED) is 0.190. The summed E-state index contributed by atoms with van der Waals surface area (Å²) < 4.78 is 36.2. The van der Waals surface area contributed by atoms with Crippen LogP contribution in [0.2, 0.25) is 0 Å². The highest BCUT2D eigenvalue weighted by molar-refractivity contribution is 7.89. The zero-order valence-electron chi connectivity index (χ0n) is 24.0. The molecule has 9 heteroatoms. The molecule has 220 valence electrons. The Labute approximate surface area is 256 Å². The third kappa shape index (κ3) is 6.80. The first-order valence-electron chi connectivity index (χ1n) is 14.4. The first-order chi connectivity index (χ1) is 21.0. The highest BCUT2D eigenvalue weighted by atomic mass is 32.2. The van der Waals surface area contributed by atoms with Crippen LogP contribution in [0.3, 0.4) is 0 Å². The van der Waals surface area contributed by atoms with Gasteiger partial charge in [-0.2, -0.15) is 4.31 Å². The van der Waals surface area contributed by atoms with E-state index in [9.17, 15) is 8.42 Å². The molecular weight excluding hydrogens is 577 g/mol. The molecule has 43 heavy (non-hydrogen) atoms. The monoisotopic (exact) mass is 610 g/mol. The number of pyridine rings is 1. The van der Waals surface area contributed by atoms with Gasteiger partial charge in [-0.05, 0) is 84.3 Å². The van der Waals surface area contributed by atoms with Crippen LogP contribution in [-0.4, -0.2) is 42.5 Å². The Morgan fingerprint density at radius 2 is 1.63 bits per heavy atom. The summed E-state index contributed by atoms with van der Waals surface area (Å²) in [6.07, 6.45) is 6.35. The number of nitrogens with zero attached hydrogens (tertiary/aromatic N) is 4. The van der Waals surface area contributed by atoms with Crippen LogP contribution < -0.4 is 9.54 Å². The minimum atomic E-state index is -3.57. The lowest BCUT2D eigenvalue weighted by atomic mass is 9.91. The third-order valence-electron chi connectivity index (χ3n) is 7.89. The lowest BCUT2D eigenvalue weighted by molar-refractivity contribution is 0.273. The summed E-state index contributed by atoms with van der Waals surface area (Å²) in [5, 5.41) is 2.07. The van der Waals surface area contributed by atoms with Crippen LogP contribution in [0, 0.1) is 5.92 Å². The maximum Gasteiger partial charge on any atom is 0.243 e. The fraction of sp³-hybridized carbons (Fsp3) is 0.235. The van der Waals surface area contributed by atoms with E-state index in [1.54, 1.807) is 41.1 Å². The Bertz CT molecular complexity index is 1810. The van der Waals surface area contributed by atoms with Crippen molar-refractivity contribution in [1.82, 2.24) is 13.9 Å². The SMILES string of the molecule is COc1ccc(N=c2scc(-c3ccc(S(=O)(=O)N4CCC(Cc5ccccc5)CC4)cc3)n2Cc2cccnc2)cc1. The highest BCUT2D eigenvalue weighted by Gasteiger charge is 2.29. The molecule has 0 saturated carbocycles. The molecule has 0 aliphatic carbocycles. The molecule has 1 fully saturated rings. The number of hydrogen-bond acceptors (Lipinski definition) is 6. The largest absolute Gasteiger partial charge is 0.497 e. The third-order valence-corrected chi connectivity index (χ3v) is 10.7. The van der Waals surface area contributed by atoms with Crippen LogP contribution in [0.5, 0.6) is 5.75 Å². The van der Waals surface area contributed by atoms with Crippen LogP contribution >= 0.6 is 11.3 Å². The van der Waals surface area contributed by atoms with Crippen LogP contribution in [0.4, 0.5) is 5.69 Å². The Morgan fingerprint density at radius 1 is 0.907 bits per heavy atom. The molecule has 0 spiro atoms. The molecule has 0 bridgehead atoms. The molecule has 1 saturated heterocycles. The van der Waals surface area contributed by atoms with Gasteiger partial charge in [0.25, 0.3) is 0 Å². The van der Waals surface area contributed by atoms with E-state index in [4.69, 9.17) is 9.73 Å². The van der Waals surface area contributed by atoms with Crippen molar-refractivity contribution in [2.24, 2.45) is 10.9 Å². The average Bonchev–Trinajstić information content (AvgIpc) is 3.44. The number of sulfonamides is 1. The molecule has 0 amide bonds. The first kappa shape index (κ1) is 29.0. The van der Waals surface area contributed by atoms with Gasteiger partial charge in [-0.3, -0.25) is 4.98 Å². The van der Waals surface area contributed by atoms with Crippen LogP contribution in [-0.2, 0) is 23.0 Å². The van der Waals surface area contributed by atoms with Crippen molar-refractivity contribution >= 4 is 27.0 Å². The molecule has 0 atom stereocenters. The van der Waals surface area contributed by atoms with E-state index in [0.29, 0.717) is 30.4 Å². The number of rotatable bonds is 9. The van der Waals surface area contributed by atoms with Crippen molar-refractivity contribution in [3.05, 3.63) is 125 Å². The van der Waals surface area contributed by atoms with E-state index in [0.717, 1.165) is 52.3 Å². The second kappa shape index (κ2) is 13.1. The van der Waals surface area contributed by atoms with Gasteiger partial charge in [0.1, 0.15) is 5.75 Å². The van der Waals surface area contributed by atoms with E-state index in [-0.39, 0.29) is 0 Å². The molecule has 0 unspecified atom stereocenters. The van der Waals surface area contributed by atoms with E-state index in [1.165, 1.54) is 5.56 Å². The summed E-state index contributed by atoms with van der Waals surface area (Å²) in [5.41, 5.74) is 5.08. The molecular formula is C34H34N4O3S2. The number of hydrogen-bond donors (Lipinski definition) is 0. The van der Waals surface area contributed by atoms with Crippen LogP contribution in [0.15, 0.2) is 119 Å². The van der Waals surface area contributed by atoms with Crippen molar-refractivity contribution < 1.29 is 13.2 Å². The van der Waals surface area contributed by atoms with Crippen LogP contribution in [0.25, 0.3) is 11.3 Å². The van der Waals surface area contributed by atoms with Gasteiger partial charge in [0.05, 0.1) is 29.9 Å². The molecule has 3 heterocycles. The zero-order chi connectivity index (χ0) is 29.6. The smallest absolute Gasteiger partial charge is 0.243 e. The molecule has 0 radical (unpaired) electrons. The molecule has 5 aromatic rings. The van der Waals surface area contributed by atoms with Gasteiger partial charge in [-0.15, -0.1) is 11.3 Å². The summed E-state index contributed by atoms with van der Waals surface area (Å²) >= 11 is 1.55. The molecule has 0 N–H and O–H groups in total. The summed E-state index contributed by atoms with van der Waals surface area (Å²) in [6, 6.07) is 29.3. The maximum atomic E-state index is 13.6. The predicted molar refractivity (Wildman–Crippen MR) is 171 cm³/mol. The summed E-state index contributed by atoms with van der Waals surface area (Å²) in [7, 11) is -1.92.